The second-order valence-electron chi connectivity index (χ2n) is 2.44. The zero-order chi connectivity index (χ0) is 10.1. The molecule has 0 saturated carbocycles. The fourth-order valence-corrected chi connectivity index (χ4v) is 0.852. The molecular weight excluding hydrogens is 160 g/mol. The van der Waals surface area contributed by atoms with Crippen molar-refractivity contribution in [1.29, 1.82) is 5.41 Å². The molecule has 0 bridgehead atoms. The van der Waals surface area contributed by atoms with Gasteiger partial charge >= 0.3 is 0 Å². The molecule has 0 aliphatic carbocycles. The molecule has 0 atom stereocenters. The van der Waals surface area contributed by atoms with Gasteiger partial charge in [0.25, 0.3) is 0 Å². The molecule has 2 heteroatoms. The monoisotopic (exact) mass is 176 g/mol. The van der Waals surface area contributed by atoms with Crippen LogP contribution in [0.4, 0.5) is 0 Å². The Morgan fingerprint density at radius 2 is 2.15 bits per heavy atom. The number of hydrogen-bond donors (Lipinski definition) is 2. The fourth-order valence-electron chi connectivity index (χ4n) is 0.852. The van der Waals surface area contributed by atoms with E-state index in [0.29, 0.717) is 5.71 Å². The summed E-state index contributed by atoms with van der Waals surface area (Å²) in [4.78, 5) is 0. The quantitative estimate of drug-likeness (QED) is 0.491. The maximum Gasteiger partial charge on any atom is 0.0609 e. The van der Waals surface area contributed by atoms with E-state index in [4.69, 9.17) is 11.1 Å². The van der Waals surface area contributed by atoms with Crippen LogP contribution in [0.1, 0.15) is 13.3 Å². The molecule has 0 fully saturated rings. The third-order valence-electron chi connectivity index (χ3n) is 1.41. The van der Waals surface area contributed by atoms with Crippen LogP contribution in [-0.2, 0) is 0 Å². The summed E-state index contributed by atoms with van der Waals surface area (Å²) in [6.45, 7) is 5.56. The lowest BCUT2D eigenvalue weighted by molar-refractivity contribution is 1.21. The van der Waals surface area contributed by atoms with Crippen molar-refractivity contribution in [2.45, 2.75) is 13.3 Å². The summed E-state index contributed by atoms with van der Waals surface area (Å²) in [5.41, 5.74) is 6.55. The van der Waals surface area contributed by atoms with Gasteiger partial charge in [-0.3, -0.25) is 0 Å². The Balaban J connectivity index is 4.56. The second-order valence-corrected chi connectivity index (χ2v) is 2.44. The summed E-state index contributed by atoms with van der Waals surface area (Å²) in [5, 5.41) is 7.65. The summed E-state index contributed by atoms with van der Waals surface area (Å²) in [5.74, 6) is 0. The average molecular weight is 176 g/mol. The van der Waals surface area contributed by atoms with E-state index in [2.05, 4.69) is 6.58 Å². The molecule has 0 aliphatic rings. The Bertz CT molecular complexity index is 257. The van der Waals surface area contributed by atoms with E-state index in [1.54, 1.807) is 24.3 Å². The number of allylic oxidation sites excluding steroid dienone is 6. The molecule has 13 heavy (non-hydrogen) atoms. The van der Waals surface area contributed by atoms with Crippen LogP contribution in [0.2, 0.25) is 0 Å². The van der Waals surface area contributed by atoms with Crippen LogP contribution in [0.15, 0.2) is 48.7 Å². The van der Waals surface area contributed by atoms with E-state index < -0.39 is 0 Å². The molecule has 0 radical (unpaired) electrons. The van der Waals surface area contributed by atoms with Crippen molar-refractivity contribution < 1.29 is 0 Å². The molecule has 0 aromatic carbocycles. The Labute approximate surface area is 79.7 Å². The van der Waals surface area contributed by atoms with Gasteiger partial charge in [0.05, 0.1) is 5.71 Å². The molecule has 2 nitrogen and oxygen atoms in total. The molecule has 0 spiro atoms. The van der Waals surface area contributed by atoms with E-state index in [1.807, 2.05) is 13.0 Å². The van der Waals surface area contributed by atoms with E-state index in [-0.39, 0.29) is 0 Å². The minimum atomic E-state index is 0.448. The maximum absolute atomic E-state index is 7.65. The molecule has 3 N–H and O–H groups in total. The van der Waals surface area contributed by atoms with Crippen molar-refractivity contribution in [2.24, 2.45) is 5.73 Å². The molecule has 0 aliphatic heterocycles. The lowest BCUT2D eigenvalue weighted by Crippen LogP contribution is -1.95. The zero-order valence-electron chi connectivity index (χ0n) is 7.96. The van der Waals surface area contributed by atoms with Crippen LogP contribution in [0.5, 0.6) is 0 Å². The van der Waals surface area contributed by atoms with Crippen molar-refractivity contribution >= 4 is 5.71 Å². The fraction of sp³-hybridized carbons (Fsp3) is 0.182. The van der Waals surface area contributed by atoms with E-state index in [9.17, 15) is 0 Å². The van der Waals surface area contributed by atoms with Crippen molar-refractivity contribution in [1.82, 2.24) is 0 Å². The molecule has 0 heterocycles. The standard InChI is InChI=1S/C11H16N2/c1-3-5-7-11(13)10(6-4-2)8-9-12/h3,5-9,13H,1,4,12H2,2H3/b7-5-,9-8-,10-6+,13-11?. The molecule has 0 aromatic rings. The van der Waals surface area contributed by atoms with Gasteiger partial charge in [-0.1, -0.05) is 31.7 Å². The van der Waals surface area contributed by atoms with E-state index in [0.717, 1.165) is 12.0 Å². The van der Waals surface area contributed by atoms with Crippen LogP contribution < -0.4 is 5.73 Å². The van der Waals surface area contributed by atoms with Gasteiger partial charge in [-0.05, 0) is 30.3 Å². The highest BCUT2D eigenvalue weighted by Crippen LogP contribution is 2.02. The van der Waals surface area contributed by atoms with Crippen molar-refractivity contribution in [2.75, 3.05) is 0 Å². The SMILES string of the molecule is C=C/C=C\C(=N)C(/C=C\N)=C/CC. The minimum Gasteiger partial charge on any atom is -0.405 e. The predicted octanol–water partition coefficient (Wildman–Crippen LogP) is 2.56. The zero-order valence-corrected chi connectivity index (χ0v) is 7.96. The molecular formula is C11H16N2. The van der Waals surface area contributed by atoms with Gasteiger partial charge in [0.15, 0.2) is 0 Å². The first-order valence-electron chi connectivity index (χ1n) is 4.22. The normalized spacial score (nSPS) is 12.5. The average Bonchev–Trinajstić information content (AvgIpc) is 2.14. The topological polar surface area (TPSA) is 49.9 Å². The third-order valence-corrected chi connectivity index (χ3v) is 1.41. The summed E-state index contributed by atoms with van der Waals surface area (Å²) < 4.78 is 0. The lowest BCUT2D eigenvalue weighted by Gasteiger charge is -1.97. The van der Waals surface area contributed by atoms with Crippen LogP contribution in [0.25, 0.3) is 0 Å². The molecule has 0 saturated heterocycles. The smallest absolute Gasteiger partial charge is 0.0609 e. The van der Waals surface area contributed by atoms with Crippen LogP contribution in [0, 0.1) is 5.41 Å². The number of nitrogens with one attached hydrogen (secondary N) is 1. The van der Waals surface area contributed by atoms with Gasteiger partial charge < -0.3 is 11.1 Å². The van der Waals surface area contributed by atoms with Gasteiger partial charge in [0.1, 0.15) is 0 Å². The lowest BCUT2D eigenvalue weighted by atomic mass is 10.1. The maximum atomic E-state index is 7.65. The highest BCUT2D eigenvalue weighted by molar-refractivity contribution is 6.08. The Kier molecular flexibility index (Phi) is 6.24. The van der Waals surface area contributed by atoms with Crippen LogP contribution in [-0.4, -0.2) is 5.71 Å². The first kappa shape index (κ1) is 11.4. The number of hydrogen-bond acceptors (Lipinski definition) is 2. The Morgan fingerprint density at radius 1 is 1.46 bits per heavy atom. The van der Waals surface area contributed by atoms with E-state index >= 15 is 0 Å². The minimum absolute atomic E-state index is 0.448. The molecule has 0 amide bonds. The summed E-state index contributed by atoms with van der Waals surface area (Å²) in [6.07, 6.45) is 11.1. The number of nitrogens with two attached hydrogens (primary N) is 1. The molecule has 0 aromatic heterocycles. The summed E-state index contributed by atoms with van der Waals surface area (Å²) >= 11 is 0. The molecule has 70 valence electrons. The van der Waals surface area contributed by atoms with Crippen molar-refractivity contribution in [3.8, 4) is 0 Å². The summed E-state index contributed by atoms with van der Waals surface area (Å²) in [7, 11) is 0. The van der Waals surface area contributed by atoms with Crippen LogP contribution in [0.3, 0.4) is 0 Å². The summed E-state index contributed by atoms with van der Waals surface area (Å²) in [6, 6.07) is 0. The highest BCUT2D eigenvalue weighted by Gasteiger charge is 1.94. The van der Waals surface area contributed by atoms with Crippen molar-refractivity contribution in [3.63, 3.8) is 0 Å². The molecule has 0 rings (SSSR count). The third kappa shape index (κ3) is 4.80. The second kappa shape index (κ2) is 7.10. The van der Waals surface area contributed by atoms with Crippen LogP contribution >= 0.6 is 0 Å². The first-order chi connectivity index (χ1) is 6.26. The number of rotatable bonds is 5. The van der Waals surface area contributed by atoms with Gasteiger partial charge in [0, 0.05) is 0 Å². The Hall–Kier alpha value is -1.57. The predicted molar refractivity (Wildman–Crippen MR) is 58.8 cm³/mol. The van der Waals surface area contributed by atoms with Gasteiger partial charge in [-0.15, -0.1) is 0 Å². The largest absolute Gasteiger partial charge is 0.405 e. The van der Waals surface area contributed by atoms with E-state index in [1.165, 1.54) is 6.20 Å². The first-order valence-corrected chi connectivity index (χ1v) is 4.22. The molecule has 0 unspecified atom stereocenters. The Morgan fingerprint density at radius 3 is 2.62 bits per heavy atom. The van der Waals surface area contributed by atoms with Gasteiger partial charge in [-0.25, -0.2) is 0 Å². The highest BCUT2D eigenvalue weighted by atomic mass is 14.5. The van der Waals surface area contributed by atoms with Gasteiger partial charge in [0.2, 0.25) is 0 Å². The van der Waals surface area contributed by atoms with Crippen molar-refractivity contribution in [3.05, 3.63) is 48.7 Å². The van der Waals surface area contributed by atoms with Gasteiger partial charge in [-0.2, -0.15) is 0 Å².